The van der Waals surface area contributed by atoms with Gasteiger partial charge in [0.1, 0.15) is 0 Å². The monoisotopic (exact) mass is 351 g/mol. The lowest BCUT2D eigenvalue weighted by Gasteiger charge is -2.62. The quantitative estimate of drug-likeness (QED) is 0.680. The Morgan fingerprint density at radius 3 is 2.38 bits per heavy atom. The molecule has 5 nitrogen and oxygen atoms in total. The Balaban J connectivity index is 1.84. The van der Waals surface area contributed by atoms with Crippen molar-refractivity contribution in [2.24, 2.45) is 29.4 Å². The average Bonchev–Trinajstić information content (AvgIpc) is 2.70. The van der Waals surface area contributed by atoms with E-state index in [0.29, 0.717) is 18.8 Å². The van der Waals surface area contributed by atoms with Gasteiger partial charge in [-0.2, -0.15) is 13.2 Å². The van der Waals surface area contributed by atoms with Gasteiger partial charge in [-0.25, -0.2) is 9.78 Å². The van der Waals surface area contributed by atoms with Crippen molar-refractivity contribution in [1.29, 1.82) is 0 Å². The third-order valence-electron chi connectivity index (χ3n) is 6.80. The van der Waals surface area contributed by atoms with E-state index in [1.54, 1.807) is 6.92 Å². The Kier molecular flexibility index (Phi) is 3.44. The number of hydrogen-bond donors (Lipinski definition) is 1. The van der Waals surface area contributed by atoms with E-state index in [4.69, 9.17) is 25.0 Å². The van der Waals surface area contributed by atoms with Gasteiger partial charge in [-0.15, -0.1) is 0 Å². The fourth-order valence-corrected chi connectivity index (χ4v) is 5.29. The van der Waals surface area contributed by atoms with Gasteiger partial charge in [-0.1, -0.05) is 13.8 Å². The summed E-state index contributed by atoms with van der Waals surface area (Å²) in [5.74, 6) is -2.19. The average molecular weight is 351 g/mol. The minimum atomic E-state index is -4.69. The minimum Gasteiger partial charge on any atom is -0.319 e. The zero-order valence-electron chi connectivity index (χ0n) is 14.1. The second-order valence-electron chi connectivity index (χ2n) is 8.11. The molecule has 2 N–H and O–H groups in total. The number of alkyl halides is 3. The smallest absolute Gasteiger partial charge is 0.319 e. The zero-order chi connectivity index (χ0) is 17.5. The lowest BCUT2D eigenvalue weighted by Crippen LogP contribution is -2.77. The maximum Gasteiger partial charge on any atom is 0.431 e. The van der Waals surface area contributed by atoms with Gasteiger partial charge in [-0.05, 0) is 38.0 Å². The van der Waals surface area contributed by atoms with Crippen LogP contribution < -0.4 is 5.73 Å². The number of fused-ring (bicyclic) bond motifs is 2. The highest BCUT2D eigenvalue weighted by Gasteiger charge is 2.75. The number of rotatable bonds is 0. The van der Waals surface area contributed by atoms with Gasteiger partial charge < -0.3 is 9.47 Å². The molecule has 4 aliphatic heterocycles. The second-order valence-corrected chi connectivity index (χ2v) is 8.11. The molecule has 0 radical (unpaired) electrons. The van der Waals surface area contributed by atoms with Crippen LogP contribution >= 0.6 is 0 Å². The van der Waals surface area contributed by atoms with Gasteiger partial charge in [-0.3, -0.25) is 5.73 Å². The molecule has 0 aromatic carbocycles. The first-order valence-corrected chi connectivity index (χ1v) is 8.61. The highest BCUT2D eigenvalue weighted by Crippen LogP contribution is 2.63. The standard InChI is InChI=1S/C16H24F3NO4/c1-8-4-5-11-9(2)15(20,16(17,18)19)22-12-14(11)10(8)6-7-13(3,21-12)23-24-14/h8-12H,4-7,20H2,1-3H3/t8-,9-,10?,11+,12+,13+,14-,15-/m1/s1. The molecule has 1 unspecified atom stereocenters. The van der Waals surface area contributed by atoms with Crippen molar-refractivity contribution >= 4 is 0 Å². The predicted molar refractivity (Wildman–Crippen MR) is 76.0 cm³/mol. The van der Waals surface area contributed by atoms with Crippen molar-refractivity contribution in [3.63, 3.8) is 0 Å². The van der Waals surface area contributed by atoms with E-state index in [-0.39, 0.29) is 5.92 Å². The summed E-state index contributed by atoms with van der Waals surface area (Å²) in [4.78, 5) is 11.3. The number of nitrogens with two attached hydrogens (primary N) is 1. The Bertz CT molecular complexity index is 546. The molecule has 5 fully saturated rings. The molecule has 5 rings (SSSR count). The number of halogens is 3. The van der Waals surface area contributed by atoms with E-state index in [9.17, 15) is 13.2 Å². The molecule has 1 saturated carbocycles. The van der Waals surface area contributed by atoms with Crippen molar-refractivity contribution in [2.75, 3.05) is 0 Å². The Morgan fingerprint density at radius 2 is 1.71 bits per heavy atom. The van der Waals surface area contributed by atoms with E-state index in [0.717, 1.165) is 12.8 Å². The van der Waals surface area contributed by atoms with E-state index in [1.165, 1.54) is 6.92 Å². The normalized spacial score (nSPS) is 57.4. The first-order valence-electron chi connectivity index (χ1n) is 8.61. The largest absolute Gasteiger partial charge is 0.431 e. The highest BCUT2D eigenvalue weighted by molar-refractivity contribution is 5.13. The molecule has 4 heterocycles. The van der Waals surface area contributed by atoms with Crippen molar-refractivity contribution in [2.45, 2.75) is 76.0 Å². The molecular weight excluding hydrogens is 327 g/mol. The summed E-state index contributed by atoms with van der Waals surface area (Å²) >= 11 is 0. The van der Waals surface area contributed by atoms with Crippen molar-refractivity contribution in [3.05, 3.63) is 0 Å². The van der Waals surface area contributed by atoms with Gasteiger partial charge in [0.15, 0.2) is 11.9 Å². The molecule has 8 heteroatoms. The van der Waals surface area contributed by atoms with Crippen LogP contribution in [0, 0.1) is 23.7 Å². The van der Waals surface area contributed by atoms with Crippen LogP contribution in [0.3, 0.4) is 0 Å². The van der Waals surface area contributed by atoms with Crippen molar-refractivity contribution < 1.29 is 32.4 Å². The molecule has 138 valence electrons. The molecule has 1 spiro atoms. The summed E-state index contributed by atoms with van der Waals surface area (Å²) in [7, 11) is 0. The van der Waals surface area contributed by atoms with Crippen LogP contribution in [0.25, 0.3) is 0 Å². The third-order valence-corrected chi connectivity index (χ3v) is 6.80. The van der Waals surface area contributed by atoms with Crippen LogP contribution in [-0.2, 0) is 19.2 Å². The molecular formula is C16H24F3NO4. The highest BCUT2D eigenvalue weighted by atomic mass is 19.4. The Morgan fingerprint density at radius 1 is 1.00 bits per heavy atom. The first-order chi connectivity index (χ1) is 11.0. The Hall–Kier alpha value is -0.410. The molecule has 0 amide bonds. The van der Waals surface area contributed by atoms with Gasteiger partial charge in [0.25, 0.3) is 0 Å². The van der Waals surface area contributed by atoms with Crippen molar-refractivity contribution in [3.8, 4) is 0 Å². The topological polar surface area (TPSA) is 62.9 Å². The number of ether oxygens (including phenoxy) is 2. The molecule has 4 saturated heterocycles. The van der Waals surface area contributed by atoms with E-state index >= 15 is 0 Å². The summed E-state index contributed by atoms with van der Waals surface area (Å²) in [5.41, 5.74) is 1.98. The fourth-order valence-electron chi connectivity index (χ4n) is 5.29. The summed E-state index contributed by atoms with van der Waals surface area (Å²) in [5, 5.41) is 0. The molecule has 8 atom stereocenters. The third kappa shape index (κ3) is 1.95. The first kappa shape index (κ1) is 17.0. The van der Waals surface area contributed by atoms with Crippen molar-refractivity contribution in [1.82, 2.24) is 0 Å². The summed E-state index contributed by atoms with van der Waals surface area (Å²) in [6, 6.07) is 0. The van der Waals surface area contributed by atoms with E-state index in [2.05, 4.69) is 6.92 Å². The molecule has 1 aliphatic carbocycles. The van der Waals surface area contributed by atoms with E-state index in [1.807, 2.05) is 0 Å². The van der Waals surface area contributed by atoms with Gasteiger partial charge in [0.05, 0.1) is 0 Å². The predicted octanol–water partition coefficient (Wildman–Crippen LogP) is 3.09. The van der Waals surface area contributed by atoms with Crippen LogP contribution in [0.15, 0.2) is 0 Å². The lowest BCUT2D eigenvalue weighted by atomic mass is 9.56. The lowest BCUT2D eigenvalue weighted by molar-refractivity contribution is -0.583. The molecule has 5 aliphatic rings. The minimum absolute atomic E-state index is 0.0193. The maximum absolute atomic E-state index is 13.7. The second kappa shape index (κ2) is 4.85. The van der Waals surface area contributed by atoms with Crippen LogP contribution in [0.4, 0.5) is 13.2 Å². The molecule has 0 aromatic heterocycles. The summed E-state index contributed by atoms with van der Waals surface area (Å²) in [6.07, 6.45) is -3.14. The molecule has 0 aromatic rings. The van der Waals surface area contributed by atoms with Gasteiger partial charge in [0, 0.05) is 18.3 Å². The van der Waals surface area contributed by atoms with Crippen LogP contribution in [-0.4, -0.2) is 29.6 Å². The maximum atomic E-state index is 13.7. The fraction of sp³-hybridized carbons (Fsp3) is 1.00. The van der Waals surface area contributed by atoms with Gasteiger partial charge in [0.2, 0.25) is 11.5 Å². The Labute approximate surface area is 138 Å². The van der Waals surface area contributed by atoms with Crippen LogP contribution in [0.5, 0.6) is 0 Å². The molecule has 2 bridgehead atoms. The molecule has 24 heavy (non-hydrogen) atoms. The summed E-state index contributed by atoms with van der Waals surface area (Å²) in [6.45, 7) is 5.28. The SMILES string of the molecule is C[C@@H]1CC[C@H]2[C@@H](C)[C@](N)(C(F)(F)F)O[C@@H]3O[C@]4(C)CCC1[C@]32OO4. The number of hydrogen-bond acceptors (Lipinski definition) is 5. The summed E-state index contributed by atoms with van der Waals surface area (Å²) < 4.78 is 52.4. The van der Waals surface area contributed by atoms with Gasteiger partial charge >= 0.3 is 6.18 Å². The van der Waals surface area contributed by atoms with E-state index < -0.39 is 41.4 Å². The zero-order valence-corrected chi connectivity index (χ0v) is 14.1. The van der Waals surface area contributed by atoms with Crippen LogP contribution in [0.2, 0.25) is 0 Å². The van der Waals surface area contributed by atoms with Crippen LogP contribution in [0.1, 0.15) is 46.5 Å².